The van der Waals surface area contributed by atoms with Crippen molar-refractivity contribution in [1.29, 1.82) is 0 Å². The largest absolute Gasteiger partial charge is 0.467 e. The molecule has 0 bridgehead atoms. The first kappa shape index (κ1) is 17.3. The van der Waals surface area contributed by atoms with Gasteiger partial charge in [-0.15, -0.1) is 0 Å². The van der Waals surface area contributed by atoms with Crippen LogP contribution in [0.5, 0.6) is 0 Å². The van der Waals surface area contributed by atoms with Gasteiger partial charge in [-0.25, -0.2) is 0 Å². The average Bonchev–Trinajstić information content (AvgIpc) is 3.14. The van der Waals surface area contributed by atoms with Gasteiger partial charge in [-0.2, -0.15) is 0 Å². The van der Waals surface area contributed by atoms with Gasteiger partial charge in [0.1, 0.15) is 5.76 Å². The lowest BCUT2D eigenvalue weighted by atomic mass is 9.90. The summed E-state index contributed by atoms with van der Waals surface area (Å²) in [5, 5.41) is 2.76. The lowest BCUT2D eigenvalue weighted by Crippen LogP contribution is -2.40. The number of rotatable bonds is 4. The minimum atomic E-state index is -0.0659. The van der Waals surface area contributed by atoms with Crippen molar-refractivity contribution >= 4 is 11.8 Å². The van der Waals surface area contributed by atoms with E-state index < -0.39 is 0 Å². The van der Waals surface area contributed by atoms with Crippen LogP contribution in [-0.4, -0.2) is 23.3 Å². The fraction of sp³-hybridized carbons (Fsp3) is 0.400. The molecule has 2 atom stereocenters. The van der Waals surface area contributed by atoms with Crippen LogP contribution < -0.4 is 5.32 Å². The van der Waals surface area contributed by atoms with E-state index in [4.69, 9.17) is 4.42 Å². The molecule has 2 aromatic rings. The SMILES string of the molecule is CC(=O)NCc1ccc(C(=O)N2CC[C@@H](C)C[C@H]2c2ccco2)cc1. The third-order valence-corrected chi connectivity index (χ3v) is 4.74. The van der Waals surface area contributed by atoms with Crippen molar-refractivity contribution in [3.05, 3.63) is 59.5 Å². The maximum absolute atomic E-state index is 13.0. The van der Waals surface area contributed by atoms with E-state index in [9.17, 15) is 9.59 Å². The molecule has 3 rings (SSSR count). The van der Waals surface area contributed by atoms with Crippen LogP contribution in [0, 0.1) is 5.92 Å². The zero-order valence-electron chi connectivity index (χ0n) is 14.7. The molecule has 1 aliphatic heterocycles. The Labute approximate surface area is 148 Å². The highest BCUT2D eigenvalue weighted by Gasteiger charge is 2.33. The molecule has 5 nitrogen and oxygen atoms in total. The summed E-state index contributed by atoms with van der Waals surface area (Å²) in [6.07, 6.45) is 3.58. The summed E-state index contributed by atoms with van der Waals surface area (Å²) in [6, 6.07) is 11.2. The Kier molecular flexibility index (Phi) is 5.22. The average molecular weight is 340 g/mol. The van der Waals surface area contributed by atoms with Crippen molar-refractivity contribution in [3.8, 4) is 0 Å². The molecule has 1 aliphatic rings. The number of hydrogen-bond donors (Lipinski definition) is 1. The second kappa shape index (κ2) is 7.55. The van der Waals surface area contributed by atoms with Gasteiger partial charge in [-0.3, -0.25) is 9.59 Å². The molecule has 2 amide bonds. The zero-order valence-corrected chi connectivity index (χ0v) is 14.7. The number of likely N-dealkylation sites (tertiary alicyclic amines) is 1. The number of amides is 2. The normalized spacial score (nSPS) is 20.3. The molecule has 1 saturated heterocycles. The van der Waals surface area contributed by atoms with Crippen molar-refractivity contribution in [2.45, 2.75) is 39.3 Å². The fourth-order valence-electron chi connectivity index (χ4n) is 3.29. The molecule has 1 aromatic carbocycles. The van der Waals surface area contributed by atoms with Crippen LogP contribution in [0.15, 0.2) is 47.1 Å². The van der Waals surface area contributed by atoms with Gasteiger partial charge in [0.25, 0.3) is 5.91 Å². The number of nitrogens with zero attached hydrogens (tertiary/aromatic N) is 1. The van der Waals surface area contributed by atoms with E-state index in [2.05, 4.69) is 12.2 Å². The Morgan fingerprint density at radius 2 is 2.00 bits per heavy atom. The van der Waals surface area contributed by atoms with Crippen LogP contribution in [0.4, 0.5) is 0 Å². The summed E-state index contributed by atoms with van der Waals surface area (Å²) in [5.41, 5.74) is 1.64. The monoisotopic (exact) mass is 340 g/mol. The number of hydrogen-bond acceptors (Lipinski definition) is 3. The second-order valence-electron chi connectivity index (χ2n) is 6.77. The van der Waals surface area contributed by atoms with Crippen molar-refractivity contribution in [1.82, 2.24) is 10.2 Å². The summed E-state index contributed by atoms with van der Waals surface area (Å²) in [6.45, 7) is 4.91. The quantitative estimate of drug-likeness (QED) is 0.926. The van der Waals surface area contributed by atoms with Crippen LogP contribution in [0.25, 0.3) is 0 Å². The highest BCUT2D eigenvalue weighted by Crippen LogP contribution is 2.35. The van der Waals surface area contributed by atoms with Crippen LogP contribution in [0.2, 0.25) is 0 Å². The summed E-state index contributed by atoms with van der Waals surface area (Å²) in [7, 11) is 0. The molecule has 132 valence electrons. The van der Waals surface area contributed by atoms with Crippen LogP contribution in [-0.2, 0) is 11.3 Å². The van der Waals surface area contributed by atoms with E-state index in [1.807, 2.05) is 41.3 Å². The van der Waals surface area contributed by atoms with Gasteiger partial charge < -0.3 is 14.6 Å². The summed E-state index contributed by atoms with van der Waals surface area (Å²) in [5.74, 6) is 1.38. The molecule has 1 fully saturated rings. The minimum Gasteiger partial charge on any atom is -0.467 e. The molecule has 5 heteroatoms. The van der Waals surface area contributed by atoms with Crippen LogP contribution >= 0.6 is 0 Å². The lowest BCUT2D eigenvalue weighted by Gasteiger charge is -2.37. The van der Waals surface area contributed by atoms with Crippen LogP contribution in [0.1, 0.15) is 54.4 Å². The van der Waals surface area contributed by atoms with Gasteiger partial charge in [0.15, 0.2) is 0 Å². The Bertz CT molecular complexity index is 722. The first-order chi connectivity index (χ1) is 12.0. The van der Waals surface area contributed by atoms with Gasteiger partial charge in [-0.05, 0) is 48.6 Å². The number of nitrogens with one attached hydrogen (secondary N) is 1. The summed E-state index contributed by atoms with van der Waals surface area (Å²) < 4.78 is 5.58. The Balaban J connectivity index is 1.75. The molecule has 0 unspecified atom stereocenters. The molecule has 0 radical (unpaired) electrons. The highest BCUT2D eigenvalue weighted by atomic mass is 16.3. The third kappa shape index (κ3) is 4.10. The fourth-order valence-corrected chi connectivity index (χ4v) is 3.29. The first-order valence-electron chi connectivity index (χ1n) is 8.72. The molecular formula is C20H24N2O3. The molecule has 0 aliphatic carbocycles. The van der Waals surface area contributed by atoms with E-state index in [1.54, 1.807) is 6.26 Å². The number of furan rings is 1. The molecule has 25 heavy (non-hydrogen) atoms. The molecule has 1 N–H and O–H groups in total. The molecule has 2 heterocycles. The number of benzene rings is 1. The molecule has 0 saturated carbocycles. The summed E-state index contributed by atoms with van der Waals surface area (Å²) in [4.78, 5) is 25.9. The molecule has 1 aromatic heterocycles. The van der Waals surface area contributed by atoms with Gasteiger partial charge in [0.2, 0.25) is 5.91 Å². The zero-order chi connectivity index (χ0) is 17.8. The Morgan fingerprint density at radius 3 is 2.64 bits per heavy atom. The van der Waals surface area contributed by atoms with Gasteiger partial charge in [0, 0.05) is 25.6 Å². The lowest BCUT2D eigenvalue weighted by molar-refractivity contribution is -0.119. The topological polar surface area (TPSA) is 62.6 Å². The highest BCUT2D eigenvalue weighted by molar-refractivity contribution is 5.94. The van der Waals surface area contributed by atoms with E-state index in [1.165, 1.54) is 6.92 Å². The molecular weight excluding hydrogens is 316 g/mol. The smallest absolute Gasteiger partial charge is 0.254 e. The maximum Gasteiger partial charge on any atom is 0.254 e. The second-order valence-corrected chi connectivity index (χ2v) is 6.77. The Morgan fingerprint density at radius 1 is 1.24 bits per heavy atom. The van der Waals surface area contributed by atoms with Crippen molar-refractivity contribution in [3.63, 3.8) is 0 Å². The Hall–Kier alpha value is -2.56. The molecule has 0 spiro atoms. The number of piperidine rings is 1. The third-order valence-electron chi connectivity index (χ3n) is 4.74. The van der Waals surface area contributed by atoms with Gasteiger partial charge in [0.05, 0.1) is 12.3 Å². The van der Waals surface area contributed by atoms with E-state index in [-0.39, 0.29) is 17.9 Å². The minimum absolute atomic E-state index is 0.00898. The van der Waals surface area contributed by atoms with E-state index >= 15 is 0 Å². The standard InChI is InChI=1S/C20H24N2O3/c1-14-9-10-22(18(12-14)19-4-3-11-25-19)20(24)17-7-5-16(6-8-17)13-21-15(2)23/h3-8,11,14,18H,9-10,12-13H2,1-2H3,(H,21,23)/t14-,18+/m1/s1. The van der Waals surface area contributed by atoms with E-state index in [0.717, 1.165) is 30.7 Å². The summed E-state index contributed by atoms with van der Waals surface area (Å²) >= 11 is 0. The predicted octanol–water partition coefficient (Wildman–Crippen LogP) is 3.53. The maximum atomic E-state index is 13.0. The van der Waals surface area contributed by atoms with Gasteiger partial charge in [-0.1, -0.05) is 19.1 Å². The number of carbonyl (C=O) groups is 2. The predicted molar refractivity (Wildman–Crippen MR) is 94.8 cm³/mol. The van der Waals surface area contributed by atoms with Gasteiger partial charge >= 0.3 is 0 Å². The van der Waals surface area contributed by atoms with E-state index in [0.29, 0.717) is 18.0 Å². The first-order valence-corrected chi connectivity index (χ1v) is 8.72. The van der Waals surface area contributed by atoms with Crippen molar-refractivity contribution < 1.29 is 14.0 Å². The van der Waals surface area contributed by atoms with Crippen LogP contribution in [0.3, 0.4) is 0 Å². The van der Waals surface area contributed by atoms with Crippen molar-refractivity contribution in [2.75, 3.05) is 6.54 Å². The number of carbonyl (C=O) groups excluding carboxylic acids is 2. The van der Waals surface area contributed by atoms with Crippen molar-refractivity contribution in [2.24, 2.45) is 5.92 Å².